The fraction of sp³-hybridized carbons (Fsp3) is 0.543. The molecular formula is C35H47N3O8. The van der Waals surface area contributed by atoms with Crippen molar-refractivity contribution in [1.29, 1.82) is 0 Å². The molecule has 1 N–H and O–H groups in total. The summed E-state index contributed by atoms with van der Waals surface area (Å²) in [6.45, 7) is 10.1. The third-order valence-electron chi connectivity index (χ3n) is 7.86. The first-order chi connectivity index (χ1) is 22.0. The molecule has 0 bridgehead atoms. The van der Waals surface area contributed by atoms with Crippen LogP contribution in [0.3, 0.4) is 0 Å². The number of aryl methyl sites for hydroxylation is 1. The predicted octanol–water partition coefficient (Wildman–Crippen LogP) is 5.98. The lowest BCUT2D eigenvalue weighted by molar-refractivity contribution is -0.145. The van der Waals surface area contributed by atoms with Crippen LogP contribution in [0.4, 0.5) is 9.59 Å². The molecule has 1 aromatic heterocycles. The van der Waals surface area contributed by atoms with E-state index < -0.39 is 29.8 Å². The number of allylic oxidation sites excluding steroid dienone is 1. The van der Waals surface area contributed by atoms with Crippen molar-refractivity contribution in [1.82, 2.24) is 15.2 Å². The zero-order chi connectivity index (χ0) is 33.1. The average molecular weight is 638 g/mol. The summed E-state index contributed by atoms with van der Waals surface area (Å²) in [5, 5.41) is 2.98. The predicted molar refractivity (Wildman–Crippen MR) is 172 cm³/mol. The van der Waals surface area contributed by atoms with Crippen LogP contribution < -0.4 is 10.1 Å². The van der Waals surface area contributed by atoms with Gasteiger partial charge in [0.05, 0.1) is 31.4 Å². The second-order valence-corrected chi connectivity index (χ2v) is 12.5. The zero-order valence-corrected chi connectivity index (χ0v) is 27.6. The number of aromatic nitrogens is 1. The van der Waals surface area contributed by atoms with Crippen LogP contribution in [-0.4, -0.2) is 78.2 Å². The van der Waals surface area contributed by atoms with Gasteiger partial charge in [0.15, 0.2) is 6.61 Å². The number of amides is 2. The van der Waals surface area contributed by atoms with Crippen LogP contribution in [0.25, 0.3) is 5.57 Å². The second-order valence-electron chi connectivity index (χ2n) is 12.5. The van der Waals surface area contributed by atoms with Gasteiger partial charge in [-0.15, -0.1) is 0 Å². The number of likely N-dealkylation sites (tertiary alicyclic amines) is 1. The van der Waals surface area contributed by atoms with Crippen molar-refractivity contribution in [3.63, 3.8) is 0 Å². The number of carbonyl (C=O) groups excluding carboxylic acids is 3. The topological polar surface area (TPSA) is 126 Å². The molecular weight excluding hydrogens is 590 g/mol. The van der Waals surface area contributed by atoms with Crippen molar-refractivity contribution >= 4 is 23.7 Å². The summed E-state index contributed by atoms with van der Waals surface area (Å²) in [4.78, 5) is 44.1. The van der Waals surface area contributed by atoms with E-state index in [0.717, 1.165) is 35.2 Å². The highest BCUT2D eigenvalue weighted by Crippen LogP contribution is 2.35. The zero-order valence-electron chi connectivity index (χ0n) is 27.6. The third-order valence-corrected chi connectivity index (χ3v) is 7.86. The number of nitrogens with one attached hydrogen (secondary N) is 1. The van der Waals surface area contributed by atoms with Gasteiger partial charge in [0.25, 0.3) is 0 Å². The fourth-order valence-electron chi connectivity index (χ4n) is 5.74. The molecule has 3 atom stereocenters. The van der Waals surface area contributed by atoms with Crippen molar-refractivity contribution in [3.05, 3.63) is 65.5 Å². The van der Waals surface area contributed by atoms with Gasteiger partial charge >= 0.3 is 18.2 Å². The van der Waals surface area contributed by atoms with Crippen LogP contribution in [0.1, 0.15) is 76.6 Å². The summed E-state index contributed by atoms with van der Waals surface area (Å²) >= 11 is 0. The Morgan fingerprint density at radius 2 is 1.85 bits per heavy atom. The first-order valence-electron chi connectivity index (χ1n) is 16.1. The SMILES string of the molecule is CCOC(=O)COc1ccnc(C)c1C1=CCC(OC[C@H]2[C@@H](NC(=O)OC(C)(C)C)CCCN2C(=O)OCc2ccccc2)CC1. The van der Waals surface area contributed by atoms with Gasteiger partial charge in [0.1, 0.15) is 18.0 Å². The number of benzene rings is 1. The summed E-state index contributed by atoms with van der Waals surface area (Å²) in [6.07, 6.45) is 6.23. The van der Waals surface area contributed by atoms with Gasteiger partial charge in [-0.3, -0.25) is 4.98 Å². The molecule has 11 nitrogen and oxygen atoms in total. The van der Waals surface area contributed by atoms with E-state index >= 15 is 0 Å². The van der Waals surface area contributed by atoms with Gasteiger partial charge in [0.2, 0.25) is 0 Å². The summed E-state index contributed by atoms with van der Waals surface area (Å²) in [7, 11) is 0. The molecule has 1 unspecified atom stereocenters. The van der Waals surface area contributed by atoms with Crippen LogP contribution in [0.2, 0.25) is 0 Å². The molecule has 2 aliphatic rings. The molecule has 1 aromatic carbocycles. The van der Waals surface area contributed by atoms with Crippen LogP contribution in [0.5, 0.6) is 5.75 Å². The lowest BCUT2D eigenvalue weighted by atomic mass is 9.90. The molecule has 1 fully saturated rings. The lowest BCUT2D eigenvalue weighted by Gasteiger charge is -2.41. The number of ether oxygens (including phenoxy) is 5. The average Bonchev–Trinajstić information content (AvgIpc) is 3.02. The minimum Gasteiger partial charge on any atom is -0.481 e. The van der Waals surface area contributed by atoms with Crippen LogP contribution in [0, 0.1) is 6.92 Å². The van der Waals surface area contributed by atoms with E-state index in [-0.39, 0.29) is 32.0 Å². The summed E-state index contributed by atoms with van der Waals surface area (Å²) in [5.74, 6) is 0.170. The lowest BCUT2D eigenvalue weighted by Crippen LogP contribution is -2.59. The molecule has 0 spiro atoms. The smallest absolute Gasteiger partial charge is 0.410 e. The highest BCUT2D eigenvalue weighted by atomic mass is 16.6. The van der Waals surface area contributed by atoms with E-state index in [1.54, 1.807) is 24.1 Å². The van der Waals surface area contributed by atoms with Crippen LogP contribution >= 0.6 is 0 Å². The maximum atomic E-state index is 13.3. The number of carbonyl (C=O) groups is 3. The van der Waals surface area contributed by atoms with E-state index in [0.29, 0.717) is 38.2 Å². The van der Waals surface area contributed by atoms with Gasteiger partial charge in [0, 0.05) is 24.0 Å². The van der Waals surface area contributed by atoms with E-state index in [1.807, 2.05) is 58.0 Å². The molecule has 4 rings (SSSR count). The maximum absolute atomic E-state index is 13.3. The quantitative estimate of drug-likeness (QED) is 0.234. The Hall–Kier alpha value is -4.12. The van der Waals surface area contributed by atoms with Gasteiger partial charge < -0.3 is 33.9 Å². The van der Waals surface area contributed by atoms with Crippen molar-refractivity contribution in [2.45, 2.75) is 97.1 Å². The summed E-state index contributed by atoms with van der Waals surface area (Å²) in [5.41, 5.74) is 3.02. The highest BCUT2D eigenvalue weighted by Gasteiger charge is 2.38. The molecule has 0 radical (unpaired) electrons. The monoisotopic (exact) mass is 637 g/mol. The molecule has 2 heterocycles. The molecule has 46 heavy (non-hydrogen) atoms. The Morgan fingerprint density at radius 3 is 2.54 bits per heavy atom. The van der Waals surface area contributed by atoms with Gasteiger partial charge in [-0.2, -0.15) is 0 Å². The number of esters is 1. The number of pyridine rings is 1. The minimum atomic E-state index is -0.651. The fourth-order valence-corrected chi connectivity index (χ4v) is 5.74. The molecule has 1 saturated heterocycles. The Balaban J connectivity index is 1.43. The normalized spacial score (nSPS) is 19.9. The number of hydrogen-bond donors (Lipinski definition) is 1. The Kier molecular flexibility index (Phi) is 12.4. The number of piperidine rings is 1. The van der Waals surface area contributed by atoms with Gasteiger partial charge in [-0.25, -0.2) is 14.4 Å². The standard InChI is InChI=1S/C35H47N3O8/c1-6-42-31(39)23-44-30-18-19-36-24(2)32(30)26-14-16-27(17-15-26)43-22-29-28(37-33(40)46-35(3,4)5)13-10-20-38(29)34(41)45-21-25-11-8-7-9-12-25/h7-9,11-12,14,18-19,27-29H,6,10,13,15-17,20-23H2,1-5H3,(H,37,40)/t27?,28-,29-/m0/s1. The van der Waals surface area contributed by atoms with E-state index in [4.69, 9.17) is 23.7 Å². The van der Waals surface area contributed by atoms with Crippen molar-refractivity contribution < 1.29 is 38.1 Å². The van der Waals surface area contributed by atoms with Crippen molar-refractivity contribution in [2.24, 2.45) is 0 Å². The number of rotatable bonds is 11. The van der Waals surface area contributed by atoms with Crippen LogP contribution in [0.15, 0.2) is 48.7 Å². The third kappa shape index (κ3) is 10.2. The largest absolute Gasteiger partial charge is 0.481 e. The number of nitrogens with zero attached hydrogens (tertiary/aromatic N) is 2. The molecule has 1 aliphatic carbocycles. The molecule has 1 aliphatic heterocycles. The molecule has 0 saturated carbocycles. The molecule has 11 heteroatoms. The van der Waals surface area contributed by atoms with Gasteiger partial charge in [-0.1, -0.05) is 36.4 Å². The first-order valence-corrected chi connectivity index (χ1v) is 16.1. The van der Waals surface area contributed by atoms with Crippen molar-refractivity contribution in [2.75, 3.05) is 26.4 Å². The van der Waals surface area contributed by atoms with Crippen LogP contribution in [-0.2, 0) is 30.3 Å². The summed E-state index contributed by atoms with van der Waals surface area (Å²) in [6, 6.07) is 10.5. The number of alkyl carbamates (subject to hydrolysis) is 1. The first kappa shape index (κ1) is 34.7. The second kappa shape index (κ2) is 16.4. The van der Waals surface area contributed by atoms with E-state index in [1.165, 1.54) is 0 Å². The van der Waals surface area contributed by atoms with E-state index in [9.17, 15) is 14.4 Å². The minimum absolute atomic E-state index is 0.0871. The van der Waals surface area contributed by atoms with Gasteiger partial charge in [-0.05, 0) is 83.9 Å². The van der Waals surface area contributed by atoms with E-state index in [2.05, 4.69) is 16.4 Å². The number of hydrogen-bond acceptors (Lipinski definition) is 9. The maximum Gasteiger partial charge on any atom is 0.410 e. The summed E-state index contributed by atoms with van der Waals surface area (Å²) < 4.78 is 28.5. The highest BCUT2D eigenvalue weighted by molar-refractivity contribution is 5.74. The molecule has 250 valence electrons. The van der Waals surface area contributed by atoms with Crippen molar-refractivity contribution in [3.8, 4) is 5.75 Å². The Labute approximate surface area is 271 Å². The Bertz CT molecular complexity index is 1360. The molecule has 2 aromatic rings. The Morgan fingerprint density at radius 1 is 1.07 bits per heavy atom. The molecule has 2 amide bonds.